The molecule has 2 atom stereocenters. The zero-order valence-corrected chi connectivity index (χ0v) is 34.3. The van der Waals surface area contributed by atoms with Gasteiger partial charge in [0.1, 0.15) is 0 Å². The normalized spacial score (nSPS) is 13.6. The summed E-state index contributed by atoms with van der Waals surface area (Å²) in [4.78, 5) is 12.5. The molecule has 0 aliphatic rings. The summed E-state index contributed by atoms with van der Waals surface area (Å²) >= 11 is 0. The van der Waals surface area contributed by atoms with Crippen molar-refractivity contribution in [3.05, 3.63) is 36.5 Å². The number of amides is 1. The summed E-state index contributed by atoms with van der Waals surface area (Å²) in [5.74, 6) is -0.998. The van der Waals surface area contributed by atoms with Crippen LogP contribution in [0.15, 0.2) is 36.5 Å². The highest BCUT2D eigenvalue weighted by molar-refractivity contribution is 7.85. The first kappa shape index (κ1) is 49.6. The lowest BCUT2D eigenvalue weighted by Crippen LogP contribution is -2.46. The first-order valence-electron chi connectivity index (χ1n) is 21.7. The molecule has 0 fully saturated rings. The van der Waals surface area contributed by atoms with Crippen molar-refractivity contribution in [3.63, 3.8) is 0 Å². The van der Waals surface area contributed by atoms with E-state index in [2.05, 4.69) is 43.5 Å². The molecule has 0 rings (SSSR count). The standard InChI is InChI=1S/C44H83NO5S/c1-3-5-7-9-11-13-15-17-18-19-20-21-22-23-24-25-26-28-30-32-34-36-38-40-44(47)45-42(41-51(48,49)50)43(46)39-37-35-33-31-29-27-16-14-12-10-8-6-4-2/h19-20,29,31,37,39,42-43,46H,3-18,21-28,30,32-36,38,40-41H2,1-2H3,(H,45,47)(H,48,49,50)/b20-19-,31-29+,39-37+. The average molecular weight is 738 g/mol. The maximum Gasteiger partial charge on any atom is 0.267 e. The van der Waals surface area contributed by atoms with E-state index in [4.69, 9.17) is 0 Å². The molecule has 0 radical (unpaired) electrons. The summed E-state index contributed by atoms with van der Waals surface area (Å²) < 4.78 is 32.5. The molecule has 51 heavy (non-hydrogen) atoms. The van der Waals surface area contributed by atoms with Crippen molar-refractivity contribution in [3.8, 4) is 0 Å². The van der Waals surface area contributed by atoms with Crippen LogP contribution in [-0.4, -0.2) is 41.9 Å². The fraction of sp³-hybridized carbons (Fsp3) is 0.841. The third kappa shape index (κ3) is 39.6. The Balaban J connectivity index is 3.85. The zero-order valence-electron chi connectivity index (χ0n) is 33.5. The molecule has 0 aromatic heterocycles. The molecule has 1 amide bonds. The van der Waals surface area contributed by atoms with Crippen LogP contribution in [0.2, 0.25) is 0 Å². The number of carbonyl (C=O) groups is 1. The van der Waals surface area contributed by atoms with Crippen molar-refractivity contribution in [2.75, 3.05) is 5.75 Å². The number of aliphatic hydroxyl groups excluding tert-OH is 1. The predicted molar refractivity (Wildman–Crippen MR) is 221 cm³/mol. The second kappa shape index (κ2) is 38.3. The number of rotatable bonds is 39. The van der Waals surface area contributed by atoms with Crippen LogP contribution in [-0.2, 0) is 14.9 Å². The Labute approximate surface area is 316 Å². The molecule has 0 aromatic rings. The minimum Gasteiger partial charge on any atom is -0.387 e. The molecular weight excluding hydrogens is 655 g/mol. The Morgan fingerprint density at radius 1 is 0.510 bits per heavy atom. The molecular formula is C44H83NO5S. The van der Waals surface area contributed by atoms with Crippen LogP contribution in [0.4, 0.5) is 0 Å². The van der Waals surface area contributed by atoms with Gasteiger partial charge in [0.2, 0.25) is 5.91 Å². The van der Waals surface area contributed by atoms with E-state index in [1.807, 2.05) is 6.08 Å². The van der Waals surface area contributed by atoms with Crippen LogP contribution in [0.1, 0.15) is 219 Å². The van der Waals surface area contributed by atoms with E-state index in [0.717, 1.165) is 32.1 Å². The summed E-state index contributed by atoms with van der Waals surface area (Å²) in [6.45, 7) is 4.51. The summed E-state index contributed by atoms with van der Waals surface area (Å²) in [6, 6.07) is -1.07. The van der Waals surface area contributed by atoms with E-state index in [9.17, 15) is 22.9 Å². The van der Waals surface area contributed by atoms with E-state index in [0.29, 0.717) is 6.42 Å². The molecule has 6 nitrogen and oxygen atoms in total. The lowest BCUT2D eigenvalue weighted by atomic mass is 10.0. The highest BCUT2D eigenvalue weighted by atomic mass is 32.2. The van der Waals surface area contributed by atoms with E-state index < -0.39 is 28.0 Å². The van der Waals surface area contributed by atoms with Gasteiger partial charge in [0.05, 0.1) is 17.9 Å². The predicted octanol–water partition coefficient (Wildman–Crippen LogP) is 12.9. The SMILES string of the molecule is CCCCCCCCC/C=C/CC/C=C/C(O)C(CS(=O)(=O)O)NC(=O)CCCCCCCCCCCCC/C=C\CCCCCCCCCC. The van der Waals surface area contributed by atoms with Crippen LogP contribution >= 0.6 is 0 Å². The second-order valence-electron chi connectivity index (χ2n) is 15.0. The Morgan fingerprint density at radius 2 is 0.843 bits per heavy atom. The highest BCUT2D eigenvalue weighted by Gasteiger charge is 2.24. The van der Waals surface area contributed by atoms with E-state index >= 15 is 0 Å². The Morgan fingerprint density at radius 3 is 1.24 bits per heavy atom. The molecule has 0 aliphatic carbocycles. The maximum absolute atomic E-state index is 12.5. The zero-order chi connectivity index (χ0) is 37.5. The molecule has 3 N–H and O–H groups in total. The lowest BCUT2D eigenvalue weighted by Gasteiger charge is -2.21. The fourth-order valence-corrected chi connectivity index (χ4v) is 7.25. The van der Waals surface area contributed by atoms with Gasteiger partial charge in [-0.15, -0.1) is 0 Å². The molecule has 2 unspecified atom stereocenters. The molecule has 0 aromatic carbocycles. The van der Waals surface area contributed by atoms with Gasteiger partial charge in [0.15, 0.2) is 0 Å². The average Bonchev–Trinajstić information content (AvgIpc) is 3.09. The number of nitrogens with one attached hydrogen (secondary N) is 1. The van der Waals surface area contributed by atoms with Gasteiger partial charge in [-0.05, 0) is 57.8 Å². The van der Waals surface area contributed by atoms with Crippen molar-refractivity contribution >= 4 is 16.0 Å². The van der Waals surface area contributed by atoms with E-state index in [1.54, 1.807) is 0 Å². The molecule has 0 saturated heterocycles. The molecule has 0 saturated carbocycles. The Bertz CT molecular complexity index is 945. The molecule has 0 bridgehead atoms. The van der Waals surface area contributed by atoms with Gasteiger partial charge >= 0.3 is 0 Å². The summed E-state index contributed by atoms with van der Waals surface area (Å²) in [5, 5.41) is 13.2. The van der Waals surface area contributed by atoms with Crippen LogP contribution < -0.4 is 5.32 Å². The van der Waals surface area contributed by atoms with Gasteiger partial charge in [-0.25, -0.2) is 0 Å². The monoisotopic (exact) mass is 738 g/mol. The summed E-state index contributed by atoms with van der Waals surface area (Å²) in [5.41, 5.74) is 0. The number of unbranched alkanes of at least 4 members (excludes halogenated alkanes) is 27. The highest BCUT2D eigenvalue weighted by Crippen LogP contribution is 2.14. The molecule has 7 heteroatoms. The van der Waals surface area contributed by atoms with Crippen molar-refractivity contribution in [2.45, 2.75) is 231 Å². The van der Waals surface area contributed by atoms with Crippen molar-refractivity contribution in [1.29, 1.82) is 0 Å². The van der Waals surface area contributed by atoms with Crippen LogP contribution in [0.25, 0.3) is 0 Å². The minimum absolute atomic E-state index is 0.288. The Hall–Kier alpha value is -1.44. The quantitative estimate of drug-likeness (QED) is 0.0331. The topological polar surface area (TPSA) is 104 Å². The van der Waals surface area contributed by atoms with E-state index in [-0.39, 0.29) is 12.3 Å². The van der Waals surface area contributed by atoms with Gasteiger partial charge < -0.3 is 10.4 Å². The van der Waals surface area contributed by atoms with Gasteiger partial charge in [-0.2, -0.15) is 8.42 Å². The van der Waals surface area contributed by atoms with Crippen LogP contribution in [0.3, 0.4) is 0 Å². The van der Waals surface area contributed by atoms with Gasteiger partial charge in [-0.3, -0.25) is 9.35 Å². The van der Waals surface area contributed by atoms with Crippen molar-refractivity contribution in [1.82, 2.24) is 5.32 Å². The van der Waals surface area contributed by atoms with Crippen LogP contribution in [0, 0.1) is 0 Å². The molecule has 0 spiro atoms. The first-order chi connectivity index (χ1) is 24.8. The number of hydrogen-bond donors (Lipinski definition) is 3. The minimum atomic E-state index is -4.35. The van der Waals surface area contributed by atoms with Crippen molar-refractivity contribution in [2.24, 2.45) is 0 Å². The van der Waals surface area contributed by atoms with Gasteiger partial charge in [0.25, 0.3) is 10.1 Å². The van der Waals surface area contributed by atoms with Crippen molar-refractivity contribution < 1.29 is 22.9 Å². The third-order valence-corrected chi connectivity index (χ3v) is 10.6. The number of hydrogen-bond acceptors (Lipinski definition) is 4. The summed E-state index contributed by atoms with van der Waals surface area (Å²) in [7, 11) is -4.35. The molecule has 0 aliphatic heterocycles. The van der Waals surface area contributed by atoms with E-state index in [1.165, 1.54) is 167 Å². The number of aliphatic hydroxyl groups is 1. The van der Waals surface area contributed by atoms with Crippen LogP contribution in [0.5, 0.6) is 0 Å². The van der Waals surface area contributed by atoms with Gasteiger partial charge in [0, 0.05) is 6.42 Å². The molecule has 300 valence electrons. The first-order valence-corrected chi connectivity index (χ1v) is 23.3. The fourth-order valence-electron chi connectivity index (χ4n) is 6.52. The summed E-state index contributed by atoms with van der Waals surface area (Å²) in [6.07, 6.45) is 50.0. The Kier molecular flexibility index (Phi) is 37.2. The maximum atomic E-state index is 12.5. The largest absolute Gasteiger partial charge is 0.387 e. The third-order valence-electron chi connectivity index (χ3n) is 9.79. The lowest BCUT2D eigenvalue weighted by molar-refractivity contribution is -0.122. The second-order valence-corrected chi connectivity index (χ2v) is 16.5. The van der Waals surface area contributed by atoms with Gasteiger partial charge in [-0.1, -0.05) is 192 Å². The number of carbonyl (C=O) groups excluding carboxylic acids is 1. The smallest absolute Gasteiger partial charge is 0.267 e. The number of allylic oxidation sites excluding steroid dienone is 5. The molecule has 0 heterocycles.